The van der Waals surface area contributed by atoms with Gasteiger partial charge >= 0.3 is 12.2 Å². The van der Waals surface area contributed by atoms with Crippen molar-refractivity contribution in [2.75, 3.05) is 11.1 Å². The first-order chi connectivity index (χ1) is 12.8. The summed E-state index contributed by atoms with van der Waals surface area (Å²) in [6, 6.07) is 2.75. The van der Waals surface area contributed by atoms with Crippen LogP contribution in [0.25, 0.3) is 0 Å². The van der Waals surface area contributed by atoms with Gasteiger partial charge in [-0.3, -0.25) is 14.5 Å². The Labute approximate surface area is 157 Å². The maximum absolute atomic E-state index is 12.6. The van der Waals surface area contributed by atoms with Crippen molar-refractivity contribution in [2.45, 2.75) is 43.9 Å². The molecule has 10 heteroatoms. The third kappa shape index (κ3) is 4.55. The molecule has 146 valence electrons. The molecular weight excluding hydrogens is 383 g/mol. The van der Waals surface area contributed by atoms with E-state index in [0.29, 0.717) is 12.8 Å². The van der Waals surface area contributed by atoms with Gasteiger partial charge in [0.05, 0.1) is 23.4 Å². The van der Waals surface area contributed by atoms with E-state index in [1.54, 1.807) is 0 Å². The number of benzene rings is 1. The molecule has 27 heavy (non-hydrogen) atoms. The van der Waals surface area contributed by atoms with Gasteiger partial charge in [-0.05, 0) is 37.1 Å². The van der Waals surface area contributed by atoms with Crippen LogP contribution in [0, 0.1) is 0 Å². The van der Waals surface area contributed by atoms with Crippen LogP contribution in [0.2, 0.25) is 0 Å². The Hall–Kier alpha value is -2.23. The fourth-order valence-corrected chi connectivity index (χ4v) is 4.11. The molecule has 1 heterocycles. The average Bonchev–Trinajstić information content (AvgIpc) is 2.94. The van der Waals surface area contributed by atoms with Crippen molar-refractivity contribution in [1.82, 2.24) is 10.2 Å². The van der Waals surface area contributed by atoms with Crippen LogP contribution in [-0.4, -0.2) is 39.9 Å². The second-order valence-corrected chi connectivity index (χ2v) is 7.38. The van der Waals surface area contributed by atoms with Gasteiger partial charge in [0.1, 0.15) is 0 Å². The summed E-state index contributed by atoms with van der Waals surface area (Å²) in [6.07, 6.45) is -1.50. The van der Waals surface area contributed by atoms with Crippen molar-refractivity contribution in [3.63, 3.8) is 0 Å². The molecule has 1 aromatic carbocycles. The van der Waals surface area contributed by atoms with Crippen molar-refractivity contribution < 1.29 is 27.6 Å². The van der Waals surface area contributed by atoms with Crippen LogP contribution in [0.15, 0.2) is 24.3 Å². The Bertz CT molecular complexity index is 723. The highest BCUT2D eigenvalue weighted by atomic mass is 32.2. The van der Waals surface area contributed by atoms with Crippen LogP contribution in [0.4, 0.5) is 28.4 Å². The minimum absolute atomic E-state index is 0.111. The summed E-state index contributed by atoms with van der Waals surface area (Å²) in [5, 5.41) is 4.94. The number of alkyl halides is 3. The molecule has 2 N–H and O–H groups in total. The van der Waals surface area contributed by atoms with Crippen molar-refractivity contribution >= 4 is 34.6 Å². The lowest BCUT2D eigenvalue weighted by atomic mass is 9.89. The Morgan fingerprint density at radius 3 is 2.37 bits per heavy atom. The molecule has 2 unspecified atom stereocenters. The maximum Gasteiger partial charge on any atom is 0.416 e. The highest BCUT2D eigenvalue weighted by Crippen LogP contribution is 2.31. The number of amides is 4. The number of urea groups is 1. The highest BCUT2D eigenvalue weighted by Gasteiger charge is 2.41. The first-order valence-corrected chi connectivity index (χ1v) is 9.48. The second kappa shape index (κ2) is 7.79. The van der Waals surface area contributed by atoms with Crippen LogP contribution in [0.5, 0.6) is 0 Å². The Balaban J connectivity index is 1.63. The summed E-state index contributed by atoms with van der Waals surface area (Å²) >= 11 is 0.951. The molecule has 6 nitrogen and oxygen atoms in total. The van der Waals surface area contributed by atoms with E-state index in [0.717, 1.165) is 36.7 Å². The van der Waals surface area contributed by atoms with Crippen molar-refractivity contribution in [3.8, 4) is 0 Å². The van der Waals surface area contributed by atoms with E-state index in [4.69, 9.17) is 0 Å². The summed E-state index contributed by atoms with van der Waals surface area (Å²) in [5.41, 5.74) is -0.582. The van der Waals surface area contributed by atoms with Gasteiger partial charge in [0.25, 0.3) is 5.24 Å². The molecule has 1 aliphatic heterocycles. The van der Waals surface area contributed by atoms with Gasteiger partial charge in [0.2, 0.25) is 5.91 Å². The zero-order chi connectivity index (χ0) is 19.6. The maximum atomic E-state index is 12.6. The van der Waals surface area contributed by atoms with E-state index in [2.05, 4.69) is 10.6 Å². The number of anilines is 1. The van der Waals surface area contributed by atoms with Gasteiger partial charge in [-0.25, -0.2) is 4.79 Å². The first kappa shape index (κ1) is 19.5. The zero-order valence-electron chi connectivity index (χ0n) is 14.2. The lowest BCUT2D eigenvalue weighted by molar-refractivity contribution is -0.137. The van der Waals surface area contributed by atoms with Crippen molar-refractivity contribution in [1.29, 1.82) is 0 Å². The largest absolute Gasteiger partial charge is 0.416 e. The normalized spacial score (nSPS) is 23.4. The summed E-state index contributed by atoms with van der Waals surface area (Å²) in [6.45, 7) is 0. The van der Waals surface area contributed by atoms with E-state index in [9.17, 15) is 27.6 Å². The lowest BCUT2D eigenvalue weighted by Crippen LogP contribution is -2.55. The number of nitrogens with one attached hydrogen (secondary N) is 2. The molecule has 0 aromatic heterocycles. The molecule has 1 aliphatic carbocycles. The summed E-state index contributed by atoms with van der Waals surface area (Å²) < 4.78 is 37.8. The number of carbonyl (C=O) groups excluding carboxylic acids is 3. The number of hydrogen-bond acceptors (Lipinski definition) is 4. The first-order valence-electron chi connectivity index (χ1n) is 8.49. The van der Waals surface area contributed by atoms with Crippen LogP contribution < -0.4 is 10.6 Å². The van der Waals surface area contributed by atoms with Gasteiger partial charge in [0.15, 0.2) is 0 Å². The predicted octanol–water partition coefficient (Wildman–Crippen LogP) is 3.83. The monoisotopic (exact) mass is 401 g/mol. The molecule has 2 atom stereocenters. The molecule has 1 saturated carbocycles. The van der Waals surface area contributed by atoms with Gasteiger partial charge in [0, 0.05) is 5.69 Å². The van der Waals surface area contributed by atoms with Crippen molar-refractivity contribution in [3.05, 3.63) is 29.8 Å². The second-order valence-electron chi connectivity index (χ2n) is 6.45. The van der Waals surface area contributed by atoms with Gasteiger partial charge in [-0.2, -0.15) is 13.2 Å². The number of carbonyl (C=O) groups is 3. The molecule has 3 rings (SSSR count). The van der Waals surface area contributed by atoms with E-state index in [1.165, 1.54) is 17.0 Å². The number of halogens is 3. The van der Waals surface area contributed by atoms with E-state index < -0.39 is 23.8 Å². The topological polar surface area (TPSA) is 78.5 Å². The highest BCUT2D eigenvalue weighted by molar-refractivity contribution is 8.14. The molecular formula is C17H18F3N3O3S. The minimum atomic E-state index is -4.44. The van der Waals surface area contributed by atoms with Gasteiger partial charge in [-0.1, -0.05) is 24.6 Å². The molecule has 0 bridgehead atoms. The summed E-state index contributed by atoms with van der Waals surface area (Å²) in [5.74, 6) is -0.147. The Morgan fingerprint density at radius 1 is 1.11 bits per heavy atom. The molecule has 0 spiro atoms. The van der Waals surface area contributed by atoms with E-state index in [-0.39, 0.29) is 28.6 Å². The minimum Gasteiger partial charge on any atom is -0.333 e. The van der Waals surface area contributed by atoms with Crippen LogP contribution in [-0.2, 0) is 11.0 Å². The lowest BCUT2D eigenvalue weighted by Gasteiger charge is -2.36. The van der Waals surface area contributed by atoms with Gasteiger partial charge in [-0.15, -0.1) is 0 Å². The molecule has 1 aromatic rings. The fourth-order valence-electron chi connectivity index (χ4n) is 3.35. The molecule has 2 aliphatic rings. The quantitative estimate of drug-likeness (QED) is 0.807. The number of imide groups is 1. The smallest absolute Gasteiger partial charge is 0.333 e. The standard InChI is InChI=1S/C17H18F3N3O3S/c18-17(19,20)10-5-7-11(8-6-10)21-15(25)22-12-3-1-2-4-13(12)23-14(24)9-27-16(23)26/h5-8,12-13H,1-4,9H2,(H2,21,22,25). The predicted molar refractivity (Wildman–Crippen MR) is 94.3 cm³/mol. The number of hydrogen-bond donors (Lipinski definition) is 2. The van der Waals surface area contributed by atoms with Crippen LogP contribution in [0.1, 0.15) is 31.2 Å². The summed E-state index contributed by atoms with van der Waals surface area (Å²) in [7, 11) is 0. The molecule has 1 saturated heterocycles. The molecule has 0 radical (unpaired) electrons. The summed E-state index contributed by atoms with van der Waals surface area (Å²) in [4.78, 5) is 37.4. The van der Waals surface area contributed by atoms with E-state index >= 15 is 0 Å². The zero-order valence-corrected chi connectivity index (χ0v) is 15.0. The number of thioether (sulfide) groups is 1. The average molecular weight is 401 g/mol. The van der Waals surface area contributed by atoms with Crippen LogP contribution in [0.3, 0.4) is 0 Å². The fraction of sp³-hybridized carbons (Fsp3) is 0.471. The number of nitrogens with zero attached hydrogens (tertiary/aromatic N) is 1. The Kier molecular flexibility index (Phi) is 5.64. The molecule has 2 fully saturated rings. The Morgan fingerprint density at radius 2 is 1.78 bits per heavy atom. The van der Waals surface area contributed by atoms with Gasteiger partial charge < -0.3 is 10.6 Å². The molecule has 4 amide bonds. The number of rotatable bonds is 3. The SMILES string of the molecule is O=C(Nc1ccc(C(F)(F)F)cc1)NC1CCCCC1N1C(=O)CSC1=O. The third-order valence-corrected chi connectivity index (χ3v) is 5.47. The van der Waals surface area contributed by atoms with Crippen LogP contribution >= 0.6 is 11.8 Å². The van der Waals surface area contributed by atoms with Crippen molar-refractivity contribution in [2.24, 2.45) is 0 Å². The third-order valence-electron chi connectivity index (χ3n) is 4.63. The van der Waals surface area contributed by atoms with E-state index in [1.807, 2.05) is 0 Å².